The van der Waals surface area contributed by atoms with Gasteiger partial charge in [-0.25, -0.2) is 0 Å². The zero-order chi connectivity index (χ0) is 23.0. The Morgan fingerprint density at radius 2 is 1.55 bits per heavy atom. The van der Waals surface area contributed by atoms with Gasteiger partial charge in [0.15, 0.2) is 5.78 Å². The van der Waals surface area contributed by atoms with Crippen LogP contribution in [0.5, 0.6) is 5.75 Å². The van der Waals surface area contributed by atoms with E-state index in [1.54, 1.807) is 19.3 Å². The summed E-state index contributed by atoms with van der Waals surface area (Å²) in [4.78, 5) is 39.2. The van der Waals surface area contributed by atoms with Crippen molar-refractivity contribution in [1.29, 1.82) is 0 Å². The molecule has 1 unspecified atom stereocenters. The van der Waals surface area contributed by atoms with Crippen LogP contribution in [0.3, 0.4) is 0 Å². The Hall–Kier alpha value is -2.69. The van der Waals surface area contributed by atoms with E-state index in [1.807, 2.05) is 52.0 Å². The van der Waals surface area contributed by atoms with E-state index in [0.29, 0.717) is 12.2 Å². The summed E-state index contributed by atoms with van der Waals surface area (Å²) in [5.74, 6) is -1.65. The molecule has 2 aliphatic carbocycles. The Morgan fingerprint density at radius 3 is 2.13 bits per heavy atom. The van der Waals surface area contributed by atoms with Gasteiger partial charge in [-0.05, 0) is 16.9 Å². The molecule has 166 valence electrons. The maximum atomic E-state index is 13.1. The summed E-state index contributed by atoms with van der Waals surface area (Å²) in [6, 6.07) is 7.39. The van der Waals surface area contributed by atoms with Crippen molar-refractivity contribution in [3.05, 3.63) is 47.2 Å². The minimum absolute atomic E-state index is 0.0126. The van der Waals surface area contributed by atoms with Crippen LogP contribution in [0.1, 0.15) is 58.9 Å². The molecule has 0 heterocycles. The predicted molar refractivity (Wildman–Crippen MR) is 120 cm³/mol. The molecule has 0 amide bonds. The third kappa shape index (κ3) is 4.97. The van der Waals surface area contributed by atoms with Crippen LogP contribution in [0.25, 0.3) is 6.08 Å². The molecule has 2 aliphatic rings. The number of ketones is 3. The largest absolute Gasteiger partial charge is 0.512 e. The van der Waals surface area contributed by atoms with Crippen molar-refractivity contribution in [1.82, 2.24) is 0 Å². The number of aliphatic hydroxyl groups excluding tert-OH is 1. The number of ether oxygens (including phenoxy) is 1. The molecule has 1 N–H and O–H groups in total. The molecule has 1 aromatic carbocycles. The van der Waals surface area contributed by atoms with Gasteiger partial charge in [0.25, 0.3) is 0 Å². The van der Waals surface area contributed by atoms with Crippen LogP contribution in [0.2, 0.25) is 0 Å². The highest BCUT2D eigenvalue weighted by molar-refractivity contribution is 6.08. The summed E-state index contributed by atoms with van der Waals surface area (Å²) in [5, 5.41) is 10.8. The number of allylic oxidation sites excluding steroid dienone is 3. The Kier molecular flexibility index (Phi) is 6.26. The third-order valence-electron chi connectivity index (χ3n) is 6.21. The zero-order valence-corrected chi connectivity index (χ0v) is 19.0. The topological polar surface area (TPSA) is 80.7 Å². The number of benzene rings is 1. The van der Waals surface area contributed by atoms with Crippen molar-refractivity contribution in [3.63, 3.8) is 0 Å². The Morgan fingerprint density at radius 1 is 0.968 bits per heavy atom. The lowest BCUT2D eigenvalue weighted by molar-refractivity contribution is -0.140. The van der Waals surface area contributed by atoms with Crippen LogP contribution in [-0.2, 0) is 14.4 Å². The number of rotatable bonds is 5. The molecule has 0 saturated heterocycles. The zero-order valence-electron chi connectivity index (χ0n) is 19.0. The van der Waals surface area contributed by atoms with Gasteiger partial charge in [0.1, 0.15) is 23.1 Å². The van der Waals surface area contributed by atoms with Crippen molar-refractivity contribution in [3.8, 4) is 5.75 Å². The summed E-state index contributed by atoms with van der Waals surface area (Å²) < 4.78 is 5.39. The van der Waals surface area contributed by atoms with E-state index in [9.17, 15) is 19.5 Å². The predicted octanol–water partition coefficient (Wildman–Crippen LogP) is 5.10. The molecule has 0 aliphatic heterocycles. The lowest BCUT2D eigenvalue weighted by Gasteiger charge is -2.37. The first-order valence-electron chi connectivity index (χ1n) is 10.8. The summed E-state index contributed by atoms with van der Waals surface area (Å²) in [6.45, 7) is 7.67. The van der Waals surface area contributed by atoms with Crippen molar-refractivity contribution < 1.29 is 24.2 Å². The van der Waals surface area contributed by atoms with E-state index in [-0.39, 0.29) is 53.4 Å². The highest BCUT2D eigenvalue weighted by Gasteiger charge is 2.47. The summed E-state index contributed by atoms with van der Waals surface area (Å²) in [7, 11) is 1.57. The summed E-state index contributed by atoms with van der Waals surface area (Å²) in [6.07, 6.45) is 4.65. The molecule has 1 fully saturated rings. The molecule has 3 rings (SSSR count). The van der Waals surface area contributed by atoms with Crippen molar-refractivity contribution >= 4 is 23.4 Å². The van der Waals surface area contributed by atoms with Gasteiger partial charge in [-0.1, -0.05) is 58.0 Å². The van der Waals surface area contributed by atoms with Crippen LogP contribution < -0.4 is 4.74 Å². The second-order valence-electron chi connectivity index (χ2n) is 10.4. The van der Waals surface area contributed by atoms with Crippen molar-refractivity contribution in [2.75, 3.05) is 7.11 Å². The number of hydrogen-bond donors (Lipinski definition) is 1. The number of aliphatic hydroxyl groups is 1. The molecule has 0 aromatic heterocycles. The molecule has 5 heteroatoms. The molecule has 0 bridgehead atoms. The van der Waals surface area contributed by atoms with Gasteiger partial charge in [-0.2, -0.15) is 0 Å². The SMILES string of the molecule is COc1ccccc1/C=C/C(C1=C(O)CC(C)(C)CC1=O)C1C(=O)CC(C)(C)CC1=O. The first-order valence-corrected chi connectivity index (χ1v) is 10.8. The molecule has 5 nitrogen and oxygen atoms in total. The lowest BCUT2D eigenvalue weighted by atomic mass is 9.64. The molecule has 1 saturated carbocycles. The van der Waals surface area contributed by atoms with Gasteiger partial charge in [0.05, 0.1) is 13.0 Å². The van der Waals surface area contributed by atoms with Gasteiger partial charge in [0, 0.05) is 42.7 Å². The van der Waals surface area contributed by atoms with Crippen LogP contribution in [-0.4, -0.2) is 29.6 Å². The first-order chi connectivity index (χ1) is 14.4. The molecule has 1 aromatic rings. The lowest BCUT2D eigenvalue weighted by Crippen LogP contribution is -2.43. The normalized spacial score (nSPS) is 22.8. The standard InChI is InChI=1S/C26H32O5/c1-25(2)12-18(27)23(19(28)13-25)17(11-10-16-8-6-7-9-22(16)31-5)24-20(29)14-26(3,4)15-21(24)30/h6-11,17,23,29H,12-15H2,1-5H3/b11-10+. The number of carbonyl (C=O) groups is 3. The quantitative estimate of drug-likeness (QED) is 0.665. The Bertz CT molecular complexity index is 944. The molecule has 31 heavy (non-hydrogen) atoms. The second-order valence-corrected chi connectivity index (χ2v) is 10.4. The van der Waals surface area contributed by atoms with E-state index < -0.39 is 17.3 Å². The fraction of sp³-hybridized carbons (Fsp3) is 0.500. The smallest absolute Gasteiger partial charge is 0.163 e. The maximum absolute atomic E-state index is 13.1. The second kappa shape index (κ2) is 8.45. The van der Waals surface area contributed by atoms with Gasteiger partial charge in [0.2, 0.25) is 0 Å². The average Bonchev–Trinajstić information content (AvgIpc) is 2.62. The Labute approximate surface area is 184 Å². The minimum Gasteiger partial charge on any atom is -0.512 e. The molecule has 0 radical (unpaired) electrons. The van der Waals surface area contributed by atoms with Crippen LogP contribution in [0.15, 0.2) is 41.7 Å². The average molecular weight is 425 g/mol. The number of para-hydroxylation sites is 1. The number of methoxy groups -OCH3 is 1. The van der Waals surface area contributed by atoms with Gasteiger partial charge >= 0.3 is 0 Å². The van der Waals surface area contributed by atoms with Gasteiger partial charge in [-0.3, -0.25) is 14.4 Å². The van der Waals surface area contributed by atoms with Crippen molar-refractivity contribution in [2.24, 2.45) is 22.7 Å². The highest BCUT2D eigenvalue weighted by atomic mass is 16.5. The fourth-order valence-electron chi connectivity index (χ4n) is 4.87. The fourth-order valence-corrected chi connectivity index (χ4v) is 4.87. The summed E-state index contributed by atoms with van der Waals surface area (Å²) >= 11 is 0. The van der Waals surface area contributed by atoms with E-state index in [4.69, 9.17) is 4.74 Å². The van der Waals surface area contributed by atoms with Crippen LogP contribution >= 0.6 is 0 Å². The maximum Gasteiger partial charge on any atom is 0.163 e. The van der Waals surface area contributed by atoms with Crippen LogP contribution in [0.4, 0.5) is 0 Å². The molecular weight excluding hydrogens is 392 g/mol. The van der Waals surface area contributed by atoms with E-state index >= 15 is 0 Å². The Balaban J connectivity index is 2.09. The number of carbonyl (C=O) groups excluding carboxylic acids is 3. The molecular formula is C26H32O5. The van der Waals surface area contributed by atoms with Gasteiger partial charge in [-0.15, -0.1) is 0 Å². The van der Waals surface area contributed by atoms with Crippen molar-refractivity contribution in [2.45, 2.75) is 53.4 Å². The molecule has 1 atom stereocenters. The first kappa shape index (κ1) is 23.0. The van der Waals surface area contributed by atoms with E-state index in [2.05, 4.69) is 0 Å². The minimum atomic E-state index is -0.957. The van der Waals surface area contributed by atoms with E-state index in [0.717, 1.165) is 5.56 Å². The third-order valence-corrected chi connectivity index (χ3v) is 6.21. The summed E-state index contributed by atoms with van der Waals surface area (Å²) in [5.41, 5.74) is 0.229. The number of hydrogen-bond acceptors (Lipinski definition) is 5. The van der Waals surface area contributed by atoms with Crippen LogP contribution in [0, 0.1) is 22.7 Å². The van der Waals surface area contributed by atoms with Gasteiger partial charge < -0.3 is 9.84 Å². The monoisotopic (exact) mass is 424 g/mol. The molecule has 0 spiro atoms. The highest BCUT2D eigenvalue weighted by Crippen LogP contribution is 2.44. The number of Topliss-reactive ketones (excluding diaryl/α,β-unsaturated/α-hetero) is 3. The van der Waals surface area contributed by atoms with E-state index in [1.165, 1.54) is 0 Å².